The first-order chi connectivity index (χ1) is 9.71. The first kappa shape index (κ1) is 12.0. The van der Waals surface area contributed by atoms with Crippen LogP contribution in [0.3, 0.4) is 0 Å². The Bertz CT molecular complexity index is 582. The van der Waals surface area contributed by atoms with Crippen LogP contribution >= 0.6 is 0 Å². The second-order valence-corrected chi connectivity index (χ2v) is 5.63. The summed E-state index contributed by atoms with van der Waals surface area (Å²) in [4.78, 5) is 11.6. The fourth-order valence-corrected chi connectivity index (χ4v) is 3.80. The molecule has 1 saturated carbocycles. The van der Waals surface area contributed by atoms with E-state index in [0.29, 0.717) is 18.8 Å². The number of fused-ring (bicyclic) bond motifs is 3. The molecule has 1 spiro atoms. The minimum absolute atomic E-state index is 0.231. The Kier molecular flexibility index (Phi) is 2.48. The third-order valence-corrected chi connectivity index (χ3v) is 4.69. The highest BCUT2D eigenvalue weighted by Crippen LogP contribution is 2.52. The summed E-state index contributed by atoms with van der Waals surface area (Å²) in [5, 5.41) is 9.51. The molecule has 1 N–H and O–H groups in total. The van der Waals surface area contributed by atoms with E-state index in [1.54, 1.807) is 0 Å². The van der Waals surface area contributed by atoms with Gasteiger partial charge in [0.15, 0.2) is 11.5 Å². The molecule has 106 valence electrons. The van der Waals surface area contributed by atoms with Gasteiger partial charge in [-0.1, -0.05) is 0 Å². The van der Waals surface area contributed by atoms with Crippen LogP contribution in [0, 0.1) is 5.92 Å². The third-order valence-electron chi connectivity index (χ3n) is 4.69. The van der Waals surface area contributed by atoms with E-state index in [4.69, 9.17) is 14.2 Å². The molecule has 0 amide bonds. The van der Waals surface area contributed by atoms with Crippen molar-refractivity contribution in [2.75, 3.05) is 13.4 Å². The van der Waals surface area contributed by atoms with E-state index >= 15 is 0 Å². The van der Waals surface area contributed by atoms with Gasteiger partial charge >= 0.3 is 5.97 Å². The molecule has 1 aliphatic carbocycles. The van der Waals surface area contributed by atoms with Crippen molar-refractivity contribution in [3.63, 3.8) is 0 Å². The number of rotatable bonds is 1. The van der Waals surface area contributed by atoms with Crippen LogP contribution in [0.1, 0.15) is 30.4 Å². The minimum Gasteiger partial charge on any atom is -0.481 e. The Hall–Kier alpha value is -1.75. The summed E-state index contributed by atoms with van der Waals surface area (Å²) in [5.74, 6) is 0.213. The Morgan fingerprint density at radius 3 is 2.90 bits per heavy atom. The lowest BCUT2D eigenvalue weighted by molar-refractivity contribution is -0.157. The normalized spacial score (nSPS) is 30.5. The monoisotopic (exact) mass is 276 g/mol. The number of carbonyl (C=O) groups is 1. The second-order valence-electron chi connectivity index (χ2n) is 5.63. The van der Waals surface area contributed by atoms with Gasteiger partial charge in [0, 0.05) is 0 Å². The Morgan fingerprint density at radius 2 is 2.10 bits per heavy atom. The van der Waals surface area contributed by atoms with E-state index in [1.807, 2.05) is 12.1 Å². The van der Waals surface area contributed by atoms with Crippen molar-refractivity contribution in [2.45, 2.75) is 31.3 Å². The topological polar surface area (TPSA) is 65.0 Å². The Morgan fingerprint density at radius 1 is 1.30 bits per heavy atom. The van der Waals surface area contributed by atoms with Gasteiger partial charge in [0.1, 0.15) is 5.60 Å². The van der Waals surface area contributed by atoms with Crippen molar-refractivity contribution in [3.05, 3.63) is 23.3 Å². The number of aliphatic carboxylic acids is 1. The predicted octanol–water partition coefficient (Wildman–Crippen LogP) is 2.07. The molecule has 20 heavy (non-hydrogen) atoms. The van der Waals surface area contributed by atoms with E-state index in [-0.39, 0.29) is 6.79 Å². The molecule has 0 unspecified atom stereocenters. The van der Waals surface area contributed by atoms with E-state index in [1.165, 1.54) is 0 Å². The smallest absolute Gasteiger partial charge is 0.309 e. The maximum absolute atomic E-state index is 11.6. The zero-order chi connectivity index (χ0) is 13.7. The quantitative estimate of drug-likeness (QED) is 0.850. The molecule has 1 aromatic carbocycles. The van der Waals surface area contributed by atoms with Crippen LogP contribution in [0.2, 0.25) is 0 Å². The average molecular weight is 276 g/mol. The summed E-state index contributed by atoms with van der Waals surface area (Å²) in [7, 11) is 0. The molecular weight excluding hydrogens is 260 g/mol. The Balaban J connectivity index is 1.87. The number of carboxylic acids is 1. The fourth-order valence-electron chi connectivity index (χ4n) is 3.80. The third kappa shape index (κ3) is 1.50. The van der Waals surface area contributed by atoms with Gasteiger partial charge in [-0.05, 0) is 48.9 Å². The van der Waals surface area contributed by atoms with Gasteiger partial charge in [0.2, 0.25) is 6.79 Å². The van der Waals surface area contributed by atoms with Gasteiger partial charge in [0.25, 0.3) is 0 Å². The molecule has 1 fully saturated rings. The van der Waals surface area contributed by atoms with Crippen molar-refractivity contribution in [3.8, 4) is 11.5 Å². The standard InChI is InChI=1S/C15H16O5/c16-14(17)10-2-1-4-15(10)11-7-13-12(18-8-19-13)6-9(11)3-5-20-15/h6-7,10H,1-5,8H2,(H,16,17)/t10-,15-/m0/s1. The average Bonchev–Trinajstić information content (AvgIpc) is 3.03. The number of ether oxygens (including phenoxy) is 3. The molecule has 2 atom stereocenters. The van der Waals surface area contributed by atoms with Crippen LogP contribution in [0.5, 0.6) is 11.5 Å². The molecule has 0 radical (unpaired) electrons. The molecule has 5 nitrogen and oxygen atoms in total. The van der Waals surface area contributed by atoms with Gasteiger partial charge in [-0.25, -0.2) is 0 Å². The SMILES string of the molecule is O=C(O)[C@@H]1CCC[C@]12OCCc1cc3c(cc12)OCO3. The van der Waals surface area contributed by atoms with Crippen LogP contribution in [-0.4, -0.2) is 24.5 Å². The number of hydrogen-bond donors (Lipinski definition) is 1. The van der Waals surface area contributed by atoms with Crippen molar-refractivity contribution in [1.29, 1.82) is 0 Å². The highest BCUT2D eigenvalue weighted by Gasteiger charge is 2.52. The molecule has 0 aromatic heterocycles. The predicted molar refractivity (Wildman–Crippen MR) is 68.9 cm³/mol. The lowest BCUT2D eigenvalue weighted by Gasteiger charge is -2.39. The summed E-state index contributed by atoms with van der Waals surface area (Å²) in [6, 6.07) is 3.91. The van der Waals surface area contributed by atoms with Gasteiger partial charge in [-0.2, -0.15) is 0 Å². The van der Waals surface area contributed by atoms with E-state index < -0.39 is 17.5 Å². The zero-order valence-corrected chi connectivity index (χ0v) is 11.1. The zero-order valence-electron chi connectivity index (χ0n) is 11.1. The molecule has 3 aliphatic rings. The van der Waals surface area contributed by atoms with E-state index in [9.17, 15) is 9.90 Å². The summed E-state index contributed by atoms with van der Waals surface area (Å²) < 4.78 is 16.9. The van der Waals surface area contributed by atoms with Crippen LogP contribution < -0.4 is 9.47 Å². The van der Waals surface area contributed by atoms with Crippen molar-refractivity contribution < 1.29 is 24.1 Å². The van der Waals surface area contributed by atoms with Gasteiger partial charge in [0.05, 0.1) is 12.5 Å². The molecule has 0 saturated heterocycles. The number of carboxylic acid groups (broad SMARTS) is 1. The summed E-state index contributed by atoms with van der Waals surface area (Å²) >= 11 is 0. The number of benzene rings is 1. The van der Waals surface area contributed by atoms with Crippen molar-refractivity contribution in [1.82, 2.24) is 0 Å². The highest BCUT2D eigenvalue weighted by atomic mass is 16.7. The molecular formula is C15H16O5. The summed E-state index contributed by atoms with van der Waals surface area (Å²) in [5.41, 5.74) is 1.44. The first-order valence-corrected chi connectivity index (χ1v) is 7.00. The van der Waals surface area contributed by atoms with Crippen molar-refractivity contribution >= 4 is 5.97 Å². The molecule has 2 aliphatic heterocycles. The lowest BCUT2D eigenvalue weighted by Crippen LogP contribution is -2.42. The first-order valence-electron chi connectivity index (χ1n) is 7.00. The molecule has 4 rings (SSSR count). The molecule has 0 bridgehead atoms. The van der Waals surface area contributed by atoms with Crippen LogP contribution in [0.4, 0.5) is 0 Å². The molecule has 2 heterocycles. The minimum atomic E-state index is -0.770. The molecule has 1 aromatic rings. The van der Waals surface area contributed by atoms with E-state index in [0.717, 1.165) is 36.1 Å². The number of hydrogen-bond acceptors (Lipinski definition) is 4. The van der Waals surface area contributed by atoms with Crippen LogP contribution in [0.15, 0.2) is 12.1 Å². The van der Waals surface area contributed by atoms with Crippen molar-refractivity contribution in [2.24, 2.45) is 5.92 Å². The van der Waals surface area contributed by atoms with Crippen LogP contribution in [-0.2, 0) is 21.6 Å². The fraction of sp³-hybridized carbons (Fsp3) is 0.533. The summed E-state index contributed by atoms with van der Waals surface area (Å²) in [6.07, 6.45) is 3.10. The molecule has 5 heteroatoms. The maximum Gasteiger partial charge on any atom is 0.309 e. The highest BCUT2D eigenvalue weighted by molar-refractivity contribution is 5.73. The van der Waals surface area contributed by atoms with Gasteiger partial charge in [-0.15, -0.1) is 0 Å². The van der Waals surface area contributed by atoms with Gasteiger partial charge < -0.3 is 19.3 Å². The van der Waals surface area contributed by atoms with E-state index in [2.05, 4.69) is 0 Å². The van der Waals surface area contributed by atoms with Gasteiger partial charge in [-0.3, -0.25) is 4.79 Å². The Labute approximate surface area is 116 Å². The maximum atomic E-state index is 11.6. The van der Waals surface area contributed by atoms with Crippen LogP contribution in [0.25, 0.3) is 0 Å². The largest absolute Gasteiger partial charge is 0.481 e. The summed E-state index contributed by atoms with van der Waals surface area (Å²) in [6.45, 7) is 0.796. The lowest BCUT2D eigenvalue weighted by atomic mass is 9.78. The second kappa shape index (κ2) is 4.12.